The number of aryl methyl sites for hydroxylation is 2. The Morgan fingerprint density at radius 3 is 2.71 bits per heavy atom. The van der Waals surface area contributed by atoms with Gasteiger partial charge in [-0.25, -0.2) is 4.79 Å². The van der Waals surface area contributed by atoms with Crippen LogP contribution in [0.5, 0.6) is 0 Å². The van der Waals surface area contributed by atoms with Crippen LogP contribution in [0.2, 0.25) is 0 Å². The van der Waals surface area contributed by atoms with E-state index < -0.39 is 28.7 Å². The lowest BCUT2D eigenvalue weighted by atomic mass is 10.1. The molecule has 0 aliphatic heterocycles. The smallest absolute Gasteiger partial charge is 0.327 e. The zero-order valence-electron chi connectivity index (χ0n) is 11.9. The number of carbonyl (C=O) groups is 2. The molecular formula is C15H19NO4S. The van der Waals surface area contributed by atoms with Gasteiger partial charge in [-0.15, -0.1) is 0 Å². The summed E-state index contributed by atoms with van der Waals surface area (Å²) in [7, 11) is -1.33. The number of benzene rings is 1. The van der Waals surface area contributed by atoms with Gasteiger partial charge in [-0.2, -0.15) is 0 Å². The summed E-state index contributed by atoms with van der Waals surface area (Å²) in [5, 5.41) is 11.3. The topological polar surface area (TPSA) is 83.5 Å². The first kappa shape index (κ1) is 15.7. The predicted molar refractivity (Wildman–Crippen MR) is 80.4 cm³/mol. The fourth-order valence-corrected chi connectivity index (χ4v) is 3.83. The van der Waals surface area contributed by atoms with Gasteiger partial charge in [-0.1, -0.05) is 18.2 Å². The first-order chi connectivity index (χ1) is 9.95. The van der Waals surface area contributed by atoms with Crippen LogP contribution in [0.25, 0.3) is 0 Å². The van der Waals surface area contributed by atoms with Gasteiger partial charge in [0, 0.05) is 23.5 Å². The number of hydrogen-bond donors (Lipinski definition) is 2. The van der Waals surface area contributed by atoms with E-state index in [-0.39, 0.29) is 5.75 Å². The zero-order chi connectivity index (χ0) is 15.4. The van der Waals surface area contributed by atoms with Crippen LogP contribution in [0.15, 0.2) is 18.2 Å². The minimum Gasteiger partial charge on any atom is -0.480 e. The van der Waals surface area contributed by atoms with Crippen LogP contribution >= 0.6 is 0 Å². The number of hydrogen-bond acceptors (Lipinski definition) is 3. The maximum atomic E-state index is 12.1. The van der Waals surface area contributed by atoms with Crippen molar-refractivity contribution in [2.45, 2.75) is 38.0 Å². The largest absolute Gasteiger partial charge is 0.480 e. The van der Waals surface area contributed by atoms with Gasteiger partial charge in [0.2, 0.25) is 5.91 Å². The number of amides is 1. The predicted octanol–water partition coefficient (Wildman–Crippen LogP) is 1.01. The third-order valence-corrected chi connectivity index (χ3v) is 4.88. The molecule has 1 aliphatic rings. The van der Waals surface area contributed by atoms with Crippen molar-refractivity contribution in [3.8, 4) is 0 Å². The molecule has 0 saturated carbocycles. The van der Waals surface area contributed by atoms with Gasteiger partial charge >= 0.3 is 5.97 Å². The summed E-state index contributed by atoms with van der Waals surface area (Å²) >= 11 is 0. The number of carboxylic acid groups (broad SMARTS) is 1. The summed E-state index contributed by atoms with van der Waals surface area (Å²) in [5.41, 5.74) is 3.62. The fourth-order valence-electron chi connectivity index (χ4n) is 2.57. The van der Waals surface area contributed by atoms with Gasteiger partial charge in [-0.05, 0) is 36.0 Å². The number of carboxylic acids is 1. The van der Waals surface area contributed by atoms with E-state index in [0.29, 0.717) is 5.75 Å². The number of nitrogens with one attached hydrogen (secondary N) is 1. The minimum atomic E-state index is -1.33. The Balaban J connectivity index is 1.97. The van der Waals surface area contributed by atoms with Crippen LogP contribution < -0.4 is 5.32 Å². The molecule has 0 bridgehead atoms. The van der Waals surface area contributed by atoms with Crippen LogP contribution in [0.1, 0.15) is 30.0 Å². The first-order valence-electron chi connectivity index (χ1n) is 6.91. The molecule has 0 heterocycles. The molecule has 0 fully saturated rings. The second-order valence-corrected chi connectivity index (χ2v) is 6.80. The van der Waals surface area contributed by atoms with Crippen LogP contribution in [0.4, 0.5) is 0 Å². The molecule has 0 saturated heterocycles. The molecule has 0 radical (unpaired) electrons. The summed E-state index contributed by atoms with van der Waals surface area (Å²) < 4.78 is 12.1. The van der Waals surface area contributed by atoms with Crippen molar-refractivity contribution in [3.63, 3.8) is 0 Å². The molecule has 1 aromatic carbocycles. The second kappa shape index (κ2) is 6.85. The number of fused-ring (bicyclic) bond motifs is 1. The molecule has 1 aliphatic carbocycles. The summed E-state index contributed by atoms with van der Waals surface area (Å²) in [6, 6.07) is 4.99. The summed E-state index contributed by atoms with van der Waals surface area (Å²) in [4.78, 5) is 22.0. The molecule has 21 heavy (non-hydrogen) atoms. The maximum absolute atomic E-state index is 12.1. The number of carbonyl (C=O) groups excluding carboxylic acids is 1. The average molecular weight is 309 g/mol. The monoisotopic (exact) mass is 309 g/mol. The Bertz CT molecular complexity index is 585. The van der Waals surface area contributed by atoms with Gasteiger partial charge in [-0.3, -0.25) is 9.00 Å². The molecule has 6 heteroatoms. The molecule has 2 rings (SSSR count). The van der Waals surface area contributed by atoms with Crippen molar-refractivity contribution in [1.82, 2.24) is 5.32 Å². The highest BCUT2D eigenvalue weighted by Crippen LogP contribution is 2.23. The molecule has 1 unspecified atom stereocenters. The Labute approximate surface area is 126 Å². The third-order valence-electron chi connectivity index (χ3n) is 3.52. The van der Waals surface area contributed by atoms with Gasteiger partial charge in [0.05, 0.1) is 5.75 Å². The van der Waals surface area contributed by atoms with Crippen molar-refractivity contribution in [2.24, 2.45) is 0 Å². The fraction of sp³-hybridized carbons (Fsp3) is 0.467. The molecule has 2 atom stereocenters. The van der Waals surface area contributed by atoms with Crippen LogP contribution in [-0.2, 0) is 39.0 Å². The number of rotatable bonds is 6. The summed E-state index contributed by atoms with van der Waals surface area (Å²) in [6.07, 6.45) is 3.31. The van der Waals surface area contributed by atoms with Crippen LogP contribution in [0.3, 0.4) is 0 Å². The second-order valence-electron chi connectivity index (χ2n) is 5.30. The maximum Gasteiger partial charge on any atom is 0.327 e. The lowest BCUT2D eigenvalue weighted by Gasteiger charge is -2.13. The SMILES string of the molecule is CC(=O)N[C@@H](CS(=O)Cc1ccc2c(c1)CCC2)C(=O)O. The van der Waals surface area contributed by atoms with E-state index in [1.54, 1.807) is 0 Å². The molecular weight excluding hydrogens is 290 g/mol. The third kappa shape index (κ3) is 4.39. The highest BCUT2D eigenvalue weighted by molar-refractivity contribution is 7.84. The van der Waals surface area contributed by atoms with E-state index in [0.717, 1.165) is 24.8 Å². The van der Waals surface area contributed by atoms with Gasteiger partial charge in [0.15, 0.2) is 0 Å². The van der Waals surface area contributed by atoms with Crippen LogP contribution in [0, 0.1) is 0 Å². The lowest BCUT2D eigenvalue weighted by molar-refractivity contribution is -0.140. The molecule has 0 spiro atoms. The van der Waals surface area contributed by atoms with E-state index in [1.165, 1.54) is 18.1 Å². The Morgan fingerprint density at radius 1 is 1.33 bits per heavy atom. The molecule has 1 amide bonds. The Morgan fingerprint density at radius 2 is 2.05 bits per heavy atom. The molecule has 1 aromatic rings. The first-order valence-corrected chi connectivity index (χ1v) is 8.40. The Kier molecular flexibility index (Phi) is 5.12. The summed E-state index contributed by atoms with van der Waals surface area (Å²) in [6.45, 7) is 1.25. The van der Waals surface area contributed by atoms with E-state index in [2.05, 4.69) is 17.4 Å². The van der Waals surface area contributed by atoms with Crippen molar-refractivity contribution in [3.05, 3.63) is 34.9 Å². The summed E-state index contributed by atoms with van der Waals surface area (Å²) in [5.74, 6) is -1.35. The minimum absolute atomic E-state index is 0.0774. The molecule has 0 aromatic heterocycles. The van der Waals surface area contributed by atoms with Crippen molar-refractivity contribution in [1.29, 1.82) is 0 Å². The molecule has 5 nitrogen and oxygen atoms in total. The zero-order valence-corrected chi connectivity index (χ0v) is 12.7. The van der Waals surface area contributed by atoms with Gasteiger partial charge in [0.25, 0.3) is 0 Å². The highest BCUT2D eigenvalue weighted by atomic mass is 32.2. The average Bonchev–Trinajstić information content (AvgIpc) is 2.84. The van der Waals surface area contributed by atoms with E-state index in [4.69, 9.17) is 5.11 Å². The molecule has 2 N–H and O–H groups in total. The van der Waals surface area contributed by atoms with Crippen molar-refractivity contribution < 1.29 is 18.9 Å². The number of aliphatic carboxylic acids is 1. The van der Waals surface area contributed by atoms with Gasteiger partial charge in [0.1, 0.15) is 6.04 Å². The van der Waals surface area contributed by atoms with Gasteiger partial charge < -0.3 is 10.4 Å². The van der Waals surface area contributed by atoms with Crippen molar-refractivity contribution >= 4 is 22.7 Å². The lowest BCUT2D eigenvalue weighted by Crippen LogP contribution is -2.43. The highest BCUT2D eigenvalue weighted by Gasteiger charge is 2.21. The van der Waals surface area contributed by atoms with Crippen LogP contribution in [-0.4, -0.2) is 33.0 Å². The van der Waals surface area contributed by atoms with Crippen molar-refractivity contribution in [2.75, 3.05) is 5.75 Å². The Hall–Kier alpha value is -1.69. The quantitative estimate of drug-likeness (QED) is 0.821. The normalized spacial score (nSPS) is 16.0. The van der Waals surface area contributed by atoms with E-state index in [9.17, 15) is 13.8 Å². The molecule has 114 valence electrons. The van der Waals surface area contributed by atoms with E-state index in [1.807, 2.05) is 6.07 Å². The van der Waals surface area contributed by atoms with E-state index >= 15 is 0 Å². The standard InChI is InChI=1S/C15H19NO4S/c1-10(17)16-14(15(18)19)9-21(20)8-11-5-6-12-3-2-4-13(12)7-11/h5-7,14H,2-4,8-9H2,1H3,(H,16,17)(H,18,19)/t14-,21?/m0/s1.